The third-order valence-corrected chi connectivity index (χ3v) is 6.32. The van der Waals surface area contributed by atoms with Gasteiger partial charge >= 0.3 is 0 Å². The number of rotatable bonds is 9. The Morgan fingerprint density at radius 3 is 1.75 bits per heavy atom. The van der Waals surface area contributed by atoms with E-state index in [1.807, 2.05) is 54.6 Å². The molecular weight excluding hydrogens is 396 g/mol. The van der Waals surface area contributed by atoms with E-state index in [1.54, 1.807) is 0 Å². The maximum Gasteiger partial charge on any atom is 0.0763 e. The molecule has 1 atom stereocenters. The van der Waals surface area contributed by atoms with Gasteiger partial charge < -0.3 is 14.6 Å². The fraction of sp³-hybridized carbons (Fsp3) is 0.310. The Morgan fingerprint density at radius 1 is 0.781 bits per heavy atom. The van der Waals surface area contributed by atoms with Crippen LogP contribution in [-0.2, 0) is 22.7 Å². The Bertz CT molecular complexity index is 951. The van der Waals surface area contributed by atoms with Gasteiger partial charge in [0.25, 0.3) is 0 Å². The Hall–Kier alpha value is -2.72. The summed E-state index contributed by atoms with van der Waals surface area (Å²) in [6.07, 6.45) is 0.949. The molecule has 0 saturated heterocycles. The van der Waals surface area contributed by atoms with Gasteiger partial charge in [0.2, 0.25) is 0 Å². The number of hydrogen-bond donors (Lipinski definition) is 1. The predicted octanol–water partition coefficient (Wildman–Crippen LogP) is 6.03. The Balaban J connectivity index is 1.49. The second-order valence-electron chi connectivity index (χ2n) is 8.87. The van der Waals surface area contributed by atoms with E-state index in [9.17, 15) is 5.11 Å². The molecule has 0 heterocycles. The summed E-state index contributed by atoms with van der Waals surface area (Å²) in [4.78, 5) is 0. The van der Waals surface area contributed by atoms with E-state index in [-0.39, 0.29) is 5.41 Å². The molecule has 3 heteroatoms. The van der Waals surface area contributed by atoms with E-state index in [4.69, 9.17) is 9.47 Å². The van der Waals surface area contributed by atoms with Gasteiger partial charge in [-0.1, -0.05) is 91.0 Å². The zero-order chi connectivity index (χ0) is 22.2. The summed E-state index contributed by atoms with van der Waals surface area (Å²) in [5.41, 5.74) is 5.49. The average molecular weight is 429 g/mol. The molecule has 0 spiro atoms. The first-order valence-corrected chi connectivity index (χ1v) is 11.3. The number of ether oxygens (including phenoxy) is 2. The minimum atomic E-state index is -0.476. The maximum absolute atomic E-state index is 11.0. The minimum Gasteiger partial charge on any atom is -0.389 e. The van der Waals surface area contributed by atoms with Crippen LogP contribution in [-0.4, -0.2) is 24.4 Å². The molecule has 0 unspecified atom stereocenters. The summed E-state index contributed by atoms with van der Waals surface area (Å²) >= 11 is 0. The molecule has 1 N–H and O–H groups in total. The number of hydrogen-bond acceptors (Lipinski definition) is 3. The maximum atomic E-state index is 11.0. The normalized spacial score (nSPS) is 19.1. The molecule has 32 heavy (non-hydrogen) atoms. The van der Waals surface area contributed by atoms with E-state index >= 15 is 0 Å². The van der Waals surface area contributed by atoms with Crippen molar-refractivity contribution in [3.05, 3.63) is 113 Å². The zero-order valence-corrected chi connectivity index (χ0v) is 18.7. The van der Waals surface area contributed by atoms with Gasteiger partial charge in [-0.15, -0.1) is 0 Å². The van der Waals surface area contributed by atoms with Gasteiger partial charge in [0.05, 0.1) is 32.5 Å². The van der Waals surface area contributed by atoms with E-state index in [0.29, 0.717) is 32.8 Å². The molecular formula is C29H32O3. The van der Waals surface area contributed by atoms with E-state index in [0.717, 1.165) is 34.3 Å². The second kappa shape index (κ2) is 10.7. The molecule has 3 nitrogen and oxygen atoms in total. The van der Waals surface area contributed by atoms with Gasteiger partial charge in [0, 0.05) is 5.41 Å². The summed E-state index contributed by atoms with van der Waals surface area (Å²) in [5, 5.41) is 11.0. The zero-order valence-electron chi connectivity index (χ0n) is 18.7. The molecule has 166 valence electrons. The molecule has 0 aliphatic heterocycles. The highest BCUT2D eigenvalue weighted by atomic mass is 16.5. The van der Waals surface area contributed by atoms with Crippen molar-refractivity contribution in [1.29, 1.82) is 0 Å². The monoisotopic (exact) mass is 428 g/mol. The number of allylic oxidation sites excluding steroid dienone is 1. The third kappa shape index (κ3) is 5.74. The van der Waals surface area contributed by atoms with Crippen LogP contribution in [0.15, 0.2) is 96.6 Å². The van der Waals surface area contributed by atoms with Crippen molar-refractivity contribution >= 4 is 5.57 Å². The highest BCUT2D eigenvalue weighted by Gasteiger charge is 2.43. The van der Waals surface area contributed by atoms with Gasteiger partial charge in [0.15, 0.2) is 0 Å². The van der Waals surface area contributed by atoms with Gasteiger partial charge in [-0.25, -0.2) is 0 Å². The van der Waals surface area contributed by atoms with Crippen LogP contribution < -0.4 is 0 Å². The Morgan fingerprint density at radius 2 is 1.25 bits per heavy atom. The smallest absolute Gasteiger partial charge is 0.0763 e. The lowest BCUT2D eigenvalue weighted by molar-refractivity contribution is -0.0349. The van der Waals surface area contributed by atoms with Gasteiger partial charge in [-0.3, -0.25) is 0 Å². The summed E-state index contributed by atoms with van der Waals surface area (Å²) in [5.74, 6) is 0. The fourth-order valence-corrected chi connectivity index (χ4v) is 4.56. The van der Waals surface area contributed by atoms with Crippen LogP contribution in [0, 0.1) is 5.41 Å². The van der Waals surface area contributed by atoms with Crippen molar-refractivity contribution in [3.63, 3.8) is 0 Å². The summed E-state index contributed by atoms with van der Waals surface area (Å²) in [6, 6.07) is 30.8. The van der Waals surface area contributed by atoms with Gasteiger partial charge in [-0.2, -0.15) is 0 Å². The predicted molar refractivity (Wildman–Crippen MR) is 129 cm³/mol. The Labute approximate surface area is 191 Å². The third-order valence-electron chi connectivity index (χ3n) is 6.32. The molecule has 0 bridgehead atoms. The van der Waals surface area contributed by atoms with Crippen LogP contribution in [0.1, 0.15) is 36.5 Å². The molecule has 1 fully saturated rings. The van der Waals surface area contributed by atoms with Crippen molar-refractivity contribution in [2.45, 2.75) is 39.1 Å². The molecule has 3 aromatic carbocycles. The quantitative estimate of drug-likeness (QED) is 0.452. The lowest BCUT2D eigenvalue weighted by atomic mass is 9.87. The van der Waals surface area contributed by atoms with E-state index in [1.165, 1.54) is 0 Å². The molecule has 0 aromatic heterocycles. The molecule has 0 amide bonds. The summed E-state index contributed by atoms with van der Waals surface area (Å²) in [7, 11) is 0. The first-order valence-electron chi connectivity index (χ1n) is 11.3. The van der Waals surface area contributed by atoms with Crippen LogP contribution in [0.25, 0.3) is 5.57 Å². The van der Waals surface area contributed by atoms with E-state index in [2.05, 4.69) is 43.3 Å². The van der Waals surface area contributed by atoms with Crippen LogP contribution in [0.2, 0.25) is 0 Å². The van der Waals surface area contributed by atoms with Crippen molar-refractivity contribution in [2.24, 2.45) is 5.41 Å². The second-order valence-corrected chi connectivity index (χ2v) is 8.87. The number of aliphatic hydroxyl groups is 1. The van der Waals surface area contributed by atoms with Crippen LogP contribution in [0.5, 0.6) is 0 Å². The number of benzene rings is 3. The van der Waals surface area contributed by atoms with Gasteiger partial charge in [0.1, 0.15) is 0 Å². The summed E-state index contributed by atoms with van der Waals surface area (Å²) in [6.45, 7) is 4.35. The van der Waals surface area contributed by atoms with Crippen molar-refractivity contribution in [3.8, 4) is 0 Å². The average Bonchev–Trinajstić information content (AvgIpc) is 3.16. The standard InChI is InChI=1S/C29H32O3/c1-23(26-15-9-4-10-16-26)27-17-29(18-28(27)30,21-31-19-24-11-5-2-6-12-24)22-32-20-25-13-7-3-8-14-25/h2-16,28,30H,17-22H2,1H3/b27-23-/t28-/m0/s1. The SMILES string of the molecule is C/C(=C1\CC(COCc2ccccc2)(COCc2ccccc2)C[C@@H]1O)c1ccccc1. The van der Waals surface area contributed by atoms with Gasteiger partial charge in [-0.05, 0) is 47.6 Å². The van der Waals surface area contributed by atoms with Crippen LogP contribution in [0.3, 0.4) is 0 Å². The van der Waals surface area contributed by atoms with E-state index < -0.39 is 6.10 Å². The lowest BCUT2D eigenvalue weighted by Gasteiger charge is -2.28. The topological polar surface area (TPSA) is 38.7 Å². The highest BCUT2D eigenvalue weighted by Crippen LogP contribution is 2.45. The highest BCUT2D eigenvalue weighted by molar-refractivity contribution is 5.68. The van der Waals surface area contributed by atoms with Crippen molar-refractivity contribution in [2.75, 3.05) is 13.2 Å². The fourth-order valence-electron chi connectivity index (χ4n) is 4.56. The first-order chi connectivity index (χ1) is 15.7. The largest absolute Gasteiger partial charge is 0.389 e. The molecule has 1 aliphatic rings. The number of aliphatic hydroxyl groups excluding tert-OH is 1. The molecule has 1 aliphatic carbocycles. The lowest BCUT2D eigenvalue weighted by Crippen LogP contribution is -2.30. The first kappa shape index (κ1) is 22.5. The van der Waals surface area contributed by atoms with Crippen molar-refractivity contribution in [1.82, 2.24) is 0 Å². The minimum absolute atomic E-state index is 0.242. The Kier molecular flexibility index (Phi) is 7.54. The summed E-state index contributed by atoms with van der Waals surface area (Å²) < 4.78 is 12.4. The van der Waals surface area contributed by atoms with Crippen molar-refractivity contribution < 1.29 is 14.6 Å². The molecule has 3 aromatic rings. The molecule has 4 rings (SSSR count). The molecule has 0 radical (unpaired) electrons. The van der Waals surface area contributed by atoms with Crippen LogP contribution >= 0.6 is 0 Å². The van der Waals surface area contributed by atoms with Crippen LogP contribution in [0.4, 0.5) is 0 Å². The molecule has 1 saturated carbocycles.